The number of nitrogen functional groups attached to an aromatic ring is 1. The molecule has 3 aromatic rings. The molecule has 182 valence electrons. The summed E-state index contributed by atoms with van der Waals surface area (Å²) in [6.45, 7) is 5.55. The highest BCUT2D eigenvalue weighted by molar-refractivity contribution is 5.79. The maximum atomic E-state index is 14.4. The number of aromatic nitrogens is 5. The van der Waals surface area contributed by atoms with E-state index in [9.17, 15) is 13.6 Å². The Morgan fingerprint density at radius 3 is 2.77 bits per heavy atom. The van der Waals surface area contributed by atoms with Gasteiger partial charge in [0.25, 0.3) is 0 Å². The molecular weight excluding hydrogens is 456 g/mol. The molecule has 0 spiro atoms. The molecule has 2 atom stereocenters. The number of ether oxygens (including phenoxy) is 1. The van der Waals surface area contributed by atoms with Gasteiger partial charge < -0.3 is 10.5 Å². The van der Waals surface area contributed by atoms with Gasteiger partial charge in [-0.1, -0.05) is 12.1 Å². The zero-order valence-corrected chi connectivity index (χ0v) is 19.6. The van der Waals surface area contributed by atoms with Gasteiger partial charge in [0.1, 0.15) is 17.1 Å². The lowest BCUT2D eigenvalue weighted by molar-refractivity contribution is 0.0175. The number of benzene rings is 1. The largest absolute Gasteiger partial charge is 0.444 e. The van der Waals surface area contributed by atoms with Crippen molar-refractivity contribution in [1.82, 2.24) is 30.1 Å². The second-order valence-corrected chi connectivity index (χ2v) is 9.73. The van der Waals surface area contributed by atoms with Crippen LogP contribution in [0, 0.1) is 11.6 Å². The van der Waals surface area contributed by atoms with Gasteiger partial charge in [-0.05, 0) is 79.8 Å². The second-order valence-electron chi connectivity index (χ2n) is 9.73. The molecule has 1 saturated heterocycles. The average Bonchev–Trinajstić information content (AvgIpc) is 3.37. The minimum Gasteiger partial charge on any atom is -0.444 e. The summed E-state index contributed by atoms with van der Waals surface area (Å²) < 4.78 is 34.9. The minimum absolute atomic E-state index is 0.0163. The summed E-state index contributed by atoms with van der Waals surface area (Å²) in [5, 5.41) is 11.5. The molecule has 5 rings (SSSR count). The molecule has 1 fully saturated rings. The minimum atomic E-state index is -1.07. The number of carbonyl (C=O) groups is 1. The summed E-state index contributed by atoms with van der Waals surface area (Å²) in [5.41, 5.74) is 7.63. The van der Waals surface area contributed by atoms with E-state index in [4.69, 9.17) is 10.5 Å². The highest BCUT2D eigenvalue weighted by atomic mass is 19.2. The van der Waals surface area contributed by atoms with Crippen molar-refractivity contribution >= 4 is 17.5 Å². The van der Waals surface area contributed by atoms with Crippen molar-refractivity contribution in [2.24, 2.45) is 0 Å². The van der Waals surface area contributed by atoms with E-state index < -0.39 is 17.2 Å². The first-order valence-electron chi connectivity index (χ1n) is 11.3. The number of halogens is 2. The van der Waals surface area contributed by atoms with Crippen molar-refractivity contribution in [3.63, 3.8) is 0 Å². The van der Waals surface area contributed by atoms with Crippen LogP contribution in [0.5, 0.6) is 0 Å². The van der Waals surface area contributed by atoms with Gasteiger partial charge in [-0.15, -0.1) is 5.10 Å². The van der Waals surface area contributed by atoms with Crippen LogP contribution in [-0.2, 0) is 4.74 Å². The molecule has 0 aliphatic carbocycles. The first kappa shape index (κ1) is 22.9. The summed E-state index contributed by atoms with van der Waals surface area (Å²) in [6.07, 6.45) is 5.75. The number of anilines is 1. The average molecular weight is 482 g/mol. The van der Waals surface area contributed by atoms with Crippen LogP contribution >= 0.6 is 0 Å². The maximum absolute atomic E-state index is 14.4. The van der Waals surface area contributed by atoms with E-state index in [2.05, 4.69) is 26.6 Å². The van der Waals surface area contributed by atoms with E-state index in [1.54, 1.807) is 12.3 Å². The third-order valence-electron chi connectivity index (χ3n) is 6.16. The first-order chi connectivity index (χ1) is 16.6. The molecule has 2 bridgehead atoms. The van der Waals surface area contributed by atoms with Gasteiger partial charge in [-0.3, -0.25) is 4.90 Å². The van der Waals surface area contributed by atoms with Gasteiger partial charge in [0.05, 0.1) is 11.6 Å². The molecule has 1 aromatic carbocycles. The van der Waals surface area contributed by atoms with E-state index in [1.807, 2.05) is 25.7 Å². The number of pyridine rings is 1. The molecule has 11 heteroatoms. The normalized spacial score (nSPS) is 19.6. The lowest BCUT2D eigenvalue weighted by atomic mass is 9.95. The monoisotopic (exact) mass is 481 g/mol. The molecule has 1 amide bonds. The van der Waals surface area contributed by atoms with Crippen LogP contribution in [0.15, 0.2) is 36.5 Å². The van der Waals surface area contributed by atoms with Crippen molar-refractivity contribution in [2.45, 2.75) is 57.7 Å². The molecule has 2 aliphatic heterocycles. The third-order valence-corrected chi connectivity index (χ3v) is 6.16. The number of hydrogen-bond donors (Lipinski definition) is 1. The Bertz CT molecular complexity index is 1330. The van der Waals surface area contributed by atoms with Crippen LogP contribution in [-0.4, -0.2) is 53.9 Å². The Labute approximate surface area is 200 Å². The van der Waals surface area contributed by atoms with Crippen LogP contribution in [0.25, 0.3) is 22.6 Å². The van der Waals surface area contributed by atoms with Gasteiger partial charge in [0.2, 0.25) is 0 Å². The summed E-state index contributed by atoms with van der Waals surface area (Å²) in [4.78, 5) is 18.9. The Hall–Kier alpha value is -3.89. The standard InChI is InChI=1S/C24H25F2N7O2/c1-24(2,3)35-23(34)32-15-7-8-16(32)10-13(9-15)14-11-17(21(27)28-12-14)22-29-30-31-33(22)19-6-4-5-18(25)20(19)26/h4-6,9,11-12,15-16H,7-8,10H2,1-3H3,(H2,27,28). The third kappa shape index (κ3) is 4.22. The van der Waals surface area contributed by atoms with Crippen molar-refractivity contribution < 1.29 is 18.3 Å². The quantitative estimate of drug-likeness (QED) is 0.598. The number of rotatable bonds is 3. The first-order valence-corrected chi connectivity index (χ1v) is 11.3. The lowest BCUT2D eigenvalue weighted by Gasteiger charge is -2.35. The Balaban J connectivity index is 1.49. The van der Waals surface area contributed by atoms with E-state index >= 15 is 0 Å². The number of carbonyl (C=O) groups excluding carboxylic acids is 1. The highest BCUT2D eigenvalue weighted by Gasteiger charge is 2.41. The fourth-order valence-electron chi connectivity index (χ4n) is 4.65. The number of amides is 1. The van der Waals surface area contributed by atoms with E-state index in [-0.39, 0.29) is 35.5 Å². The van der Waals surface area contributed by atoms with Crippen molar-refractivity contribution in [3.05, 3.63) is 53.7 Å². The number of tetrazole rings is 1. The van der Waals surface area contributed by atoms with Gasteiger partial charge in [0.15, 0.2) is 17.5 Å². The molecule has 0 saturated carbocycles. The van der Waals surface area contributed by atoms with E-state index in [0.717, 1.165) is 34.7 Å². The highest BCUT2D eigenvalue weighted by Crippen LogP contribution is 2.40. The number of nitrogens with zero attached hydrogens (tertiary/aromatic N) is 6. The predicted octanol–water partition coefficient (Wildman–Crippen LogP) is 4.14. The molecular formula is C24H25F2N7O2. The van der Waals surface area contributed by atoms with Crippen LogP contribution < -0.4 is 5.73 Å². The van der Waals surface area contributed by atoms with E-state index in [0.29, 0.717) is 12.0 Å². The lowest BCUT2D eigenvalue weighted by Crippen LogP contribution is -2.45. The van der Waals surface area contributed by atoms with Crippen molar-refractivity contribution in [2.75, 3.05) is 5.73 Å². The SMILES string of the molecule is CC(C)(C)OC(=O)N1C2C=C(c3cnc(N)c(-c4nnnn4-c4cccc(F)c4F)c3)CC1CC2. The van der Waals surface area contributed by atoms with Crippen LogP contribution in [0.2, 0.25) is 0 Å². The summed E-state index contributed by atoms with van der Waals surface area (Å²) >= 11 is 0. The van der Waals surface area contributed by atoms with E-state index in [1.165, 1.54) is 12.1 Å². The van der Waals surface area contributed by atoms with Crippen LogP contribution in [0.3, 0.4) is 0 Å². The zero-order valence-electron chi connectivity index (χ0n) is 19.6. The molecule has 35 heavy (non-hydrogen) atoms. The molecule has 2 aromatic heterocycles. The predicted molar refractivity (Wildman–Crippen MR) is 124 cm³/mol. The van der Waals surface area contributed by atoms with Gasteiger partial charge in [0, 0.05) is 12.2 Å². The van der Waals surface area contributed by atoms with Crippen LogP contribution in [0.1, 0.15) is 45.6 Å². The molecule has 4 heterocycles. The Kier molecular flexibility index (Phi) is 5.49. The Morgan fingerprint density at radius 2 is 2.03 bits per heavy atom. The van der Waals surface area contributed by atoms with Crippen molar-refractivity contribution in [3.8, 4) is 17.1 Å². The topological polar surface area (TPSA) is 112 Å². The number of fused-ring (bicyclic) bond motifs is 2. The van der Waals surface area contributed by atoms with Gasteiger partial charge in [-0.2, -0.15) is 4.68 Å². The number of hydrogen-bond acceptors (Lipinski definition) is 7. The zero-order chi connectivity index (χ0) is 24.9. The summed E-state index contributed by atoms with van der Waals surface area (Å²) in [7, 11) is 0. The fraction of sp³-hybridized carbons (Fsp3) is 0.375. The second kappa shape index (κ2) is 8.40. The van der Waals surface area contributed by atoms with Crippen molar-refractivity contribution in [1.29, 1.82) is 0 Å². The summed E-state index contributed by atoms with van der Waals surface area (Å²) in [6, 6.07) is 5.49. The molecule has 2 aliphatic rings. The molecule has 0 radical (unpaired) electrons. The molecule has 9 nitrogen and oxygen atoms in total. The fourth-order valence-corrected chi connectivity index (χ4v) is 4.65. The number of nitrogens with two attached hydrogens (primary N) is 1. The maximum Gasteiger partial charge on any atom is 0.411 e. The van der Waals surface area contributed by atoms with Gasteiger partial charge in [-0.25, -0.2) is 18.6 Å². The molecule has 2 N–H and O–H groups in total. The molecule has 2 unspecified atom stereocenters. The van der Waals surface area contributed by atoms with Crippen LogP contribution in [0.4, 0.5) is 19.4 Å². The Morgan fingerprint density at radius 1 is 1.23 bits per heavy atom. The smallest absolute Gasteiger partial charge is 0.411 e. The van der Waals surface area contributed by atoms with Gasteiger partial charge >= 0.3 is 6.09 Å². The summed E-state index contributed by atoms with van der Waals surface area (Å²) in [5.74, 6) is -1.80.